The largest absolute Gasteiger partial charge is 0.487 e. The first-order valence-corrected chi connectivity index (χ1v) is 9.49. The van der Waals surface area contributed by atoms with Gasteiger partial charge < -0.3 is 15.0 Å². The van der Waals surface area contributed by atoms with Gasteiger partial charge in [-0.25, -0.2) is 0 Å². The number of para-hydroxylation sites is 2. The molecule has 2 aromatic rings. The van der Waals surface area contributed by atoms with E-state index in [2.05, 4.69) is 5.32 Å². The van der Waals surface area contributed by atoms with Crippen LogP contribution in [-0.4, -0.2) is 30.4 Å². The van der Waals surface area contributed by atoms with E-state index in [0.717, 1.165) is 29.8 Å². The SMILES string of the molecule is CN(C(=O)CNc1ccccc1OCc1ccccc1)C1CCCCC1. The maximum atomic E-state index is 12.5. The Morgan fingerprint density at radius 3 is 2.50 bits per heavy atom. The summed E-state index contributed by atoms with van der Waals surface area (Å²) >= 11 is 0. The number of benzene rings is 2. The van der Waals surface area contributed by atoms with Crippen molar-refractivity contribution in [3.8, 4) is 5.75 Å². The fourth-order valence-corrected chi connectivity index (χ4v) is 3.44. The summed E-state index contributed by atoms with van der Waals surface area (Å²) in [6.45, 7) is 0.800. The van der Waals surface area contributed by atoms with Crippen molar-refractivity contribution in [3.05, 3.63) is 60.2 Å². The third-order valence-electron chi connectivity index (χ3n) is 5.07. The van der Waals surface area contributed by atoms with Crippen LogP contribution in [0.5, 0.6) is 5.75 Å². The predicted octanol–water partition coefficient (Wildman–Crippen LogP) is 4.47. The van der Waals surface area contributed by atoms with Crippen molar-refractivity contribution >= 4 is 11.6 Å². The lowest BCUT2D eigenvalue weighted by molar-refractivity contribution is -0.130. The lowest BCUT2D eigenvalue weighted by Gasteiger charge is -2.31. The number of amides is 1. The number of hydrogen-bond donors (Lipinski definition) is 1. The van der Waals surface area contributed by atoms with Crippen molar-refractivity contribution in [2.75, 3.05) is 18.9 Å². The summed E-state index contributed by atoms with van der Waals surface area (Å²) < 4.78 is 5.94. The summed E-state index contributed by atoms with van der Waals surface area (Å²) in [4.78, 5) is 14.4. The number of anilines is 1. The zero-order valence-corrected chi connectivity index (χ0v) is 15.5. The predicted molar refractivity (Wildman–Crippen MR) is 105 cm³/mol. The highest BCUT2D eigenvalue weighted by Gasteiger charge is 2.21. The van der Waals surface area contributed by atoms with Crippen molar-refractivity contribution in [3.63, 3.8) is 0 Å². The molecule has 0 heterocycles. The van der Waals surface area contributed by atoms with Crippen LogP contribution in [0.15, 0.2) is 54.6 Å². The molecule has 1 amide bonds. The first kappa shape index (κ1) is 18.3. The summed E-state index contributed by atoms with van der Waals surface area (Å²) in [5, 5.41) is 3.25. The molecule has 26 heavy (non-hydrogen) atoms. The minimum Gasteiger partial charge on any atom is -0.487 e. The molecular formula is C22H28N2O2. The van der Waals surface area contributed by atoms with Gasteiger partial charge in [-0.05, 0) is 30.5 Å². The van der Waals surface area contributed by atoms with E-state index in [0.29, 0.717) is 19.2 Å². The van der Waals surface area contributed by atoms with Crippen LogP contribution in [0.2, 0.25) is 0 Å². The molecule has 1 N–H and O–H groups in total. The third kappa shape index (κ3) is 5.01. The maximum Gasteiger partial charge on any atom is 0.241 e. The monoisotopic (exact) mass is 352 g/mol. The van der Waals surface area contributed by atoms with Crippen LogP contribution in [0.1, 0.15) is 37.7 Å². The first-order valence-electron chi connectivity index (χ1n) is 9.49. The Hall–Kier alpha value is -2.49. The van der Waals surface area contributed by atoms with Gasteiger partial charge in [0.25, 0.3) is 0 Å². The number of likely N-dealkylation sites (N-methyl/N-ethyl adjacent to an activating group) is 1. The fourth-order valence-electron chi connectivity index (χ4n) is 3.44. The Balaban J connectivity index is 1.55. The number of carbonyl (C=O) groups excluding carboxylic acids is 1. The molecule has 4 heteroatoms. The summed E-state index contributed by atoms with van der Waals surface area (Å²) in [6, 6.07) is 18.3. The molecule has 1 fully saturated rings. The molecule has 4 nitrogen and oxygen atoms in total. The van der Waals surface area contributed by atoms with Crippen molar-refractivity contribution in [2.45, 2.75) is 44.8 Å². The number of hydrogen-bond acceptors (Lipinski definition) is 3. The van der Waals surface area contributed by atoms with Gasteiger partial charge in [0.2, 0.25) is 5.91 Å². The van der Waals surface area contributed by atoms with Gasteiger partial charge in [-0.15, -0.1) is 0 Å². The van der Waals surface area contributed by atoms with Gasteiger partial charge in [0.1, 0.15) is 12.4 Å². The van der Waals surface area contributed by atoms with E-state index in [1.54, 1.807) is 0 Å². The second kappa shape index (κ2) is 9.27. The average molecular weight is 352 g/mol. The van der Waals surface area contributed by atoms with E-state index in [4.69, 9.17) is 4.74 Å². The Morgan fingerprint density at radius 1 is 1.04 bits per heavy atom. The summed E-state index contributed by atoms with van der Waals surface area (Å²) in [5.41, 5.74) is 1.98. The molecule has 0 bridgehead atoms. The van der Waals surface area contributed by atoms with Crippen LogP contribution in [0, 0.1) is 0 Å². The Labute approximate surface area is 156 Å². The minimum absolute atomic E-state index is 0.134. The minimum atomic E-state index is 0.134. The molecule has 1 aliphatic rings. The molecule has 0 saturated heterocycles. The van der Waals surface area contributed by atoms with E-state index >= 15 is 0 Å². The van der Waals surface area contributed by atoms with Gasteiger partial charge in [0.05, 0.1) is 12.2 Å². The molecule has 1 aliphatic carbocycles. The lowest BCUT2D eigenvalue weighted by Crippen LogP contribution is -2.41. The zero-order valence-electron chi connectivity index (χ0n) is 15.5. The molecule has 3 rings (SSSR count). The fraction of sp³-hybridized carbons (Fsp3) is 0.409. The number of nitrogens with one attached hydrogen (secondary N) is 1. The highest BCUT2D eigenvalue weighted by Crippen LogP contribution is 2.25. The van der Waals surface area contributed by atoms with Gasteiger partial charge in [-0.2, -0.15) is 0 Å². The quantitative estimate of drug-likeness (QED) is 0.799. The number of rotatable bonds is 7. The molecule has 0 spiro atoms. The molecule has 2 aromatic carbocycles. The molecule has 0 unspecified atom stereocenters. The molecular weight excluding hydrogens is 324 g/mol. The van der Waals surface area contributed by atoms with E-state index in [1.807, 2.05) is 66.5 Å². The van der Waals surface area contributed by atoms with Crippen molar-refractivity contribution in [2.24, 2.45) is 0 Å². The Kier molecular flexibility index (Phi) is 6.53. The summed E-state index contributed by atoms with van der Waals surface area (Å²) in [7, 11) is 1.93. The van der Waals surface area contributed by atoms with Crippen LogP contribution in [0.25, 0.3) is 0 Å². The smallest absolute Gasteiger partial charge is 0.241 e. The normalized spacial score (nSPS) is 14.7. The third-order valence-corrected chi connectivity index (χ3v) is 5.07. The van der Waals surface area contributed by atoms with Crippen LogP contribution < -0.4 is 10.1 Å². The highest BCUT2D eigenvalue weighted by molar-refractivity contribution is 5.81. The van der Waals surface area contributed by atoms with Crippen LogP contribution in [0.3, 0.4) is 0 Å². The molecule has 1 saturated carbocycles. The molecule has 0 radical (unpaired) electrons. The Morgan fingerprint density at radius 2 is 1.73 bits per heavy atom. The van der Waals surface area contributed by atoms with Crippen LogP contribution in [-0.2, 0) is 11.4 Å². The van der Waals surface area contributed by atoms with Gasteiger partial charge in [0, 0.05) is 13.1 Å². The number of carbonyl (C=O) groups is 1. The second-order valence-corrected chi connectivity index (χ2v) is 6.92. The number of nitrogens with zero attached hydrogens (tertiary/aromatic N) is 1. The summed E-state index contributed by atoms with van der Waals surface area (Å²) in [6.07, 6.45) is 6.00. The molecule has 0 aliphatic heterocycles. The summed E-state index contributed by atoms with van der Waals surface area (Å²) in [5.74, 6) is 0.902. The second-order valence-electron chi connectivity index (χ2n) is 6.92. The highest BCUT2D eigenvalue weighted by atomic mass is 16.5. The van der Waals surface area contributed by atoms with Crippen molar-refractivity contribution in [1.29, 1.82) is 0 Å². The molecule has 0 atom stereocenters. The maximum absolute atomic E-state index is 12.5. The van der Waals surface area contributed by atoms with Crippen LogP contribution >= 0.6 is 0 Å². The van der Waals surface area contributed by atoms with Crippen molar-refractivity contribution < 1.29 is 9.53 Å². The lowest BCUT2D eigenvalue weighted by atomic mass is 9.94. The van der Waals surface area contributed by atoms with Gasteiger partial charge >= 0.3 is 0 Å². The van der Waals surface area contributed by atoms with Gasteiger partial charge in [0.15, 0.2) is 0 Å². The van der Waals surface area contributed by atoms with Gasteiger partial charge in [-0.1, -0.05) is 61.7 Å². The molecule has 138 valence electrons. The molecule has 0 aromatic heterocycles. The number of ether oxygens (including phenoxy) is 1. The first-order chi connectivity index (χ1) is 12.7. The topological polar surface area (TPSA) is 41.6 Å². The van der Waals surface area contributed by atoms with E-state index in [9.17, 15) is 4.79 Å². The Bertz CT molecular complexity index is 696. The van der Waals surface area contributed by atoms with E-state index in [-0.39, 0.29) is 5.91 Å². The standard InChI is InChI=1S/C22H28N2O2/c1-24(19-12-6-3-7-13-19)22(25)16-23-20-14-8-9-15-21(20)26-17-18-10-4-2-5-11-18/h2,4-5,8-11,14-15,19,23H,3,6-7,12-13,16-17H2,1H3. The van der Waals surface area contributed by atoms with E-state index in [1.165, 1.54) is 19.3 Å². The zero-order chi connectivity index (χ0) is 18.2. The van der Waals surface area contributed by atoms with Gasteiger partial charge in [-0.3, -0.25) is 4.79 Å². The van der Waals surface area contributed by atoms with Crippen LogP contribution in [0.4, 0.5) is 5.69 Å². The van der Waals surface area contributed by atoms with E-state index < -0.39 is 0 Å². The average Bonchev–Trinajstić information content (AvgIpc) is 2.72. The van der Waals surface area contributed by atoms with Crippen molar-refractivity contribution in [1.82, 2.24) is 4.90 Å².